The summed E-state index contributed by atoms with van der Waals surface area (Å²) in [5.41, 5.74) is 6.81. The van der Waals surface area contributed by atoms with Crippen LogP contribution in [0, 0.1) is 0 Å². The van der Waals surface area contributed by atoms with E-state index in [9.17, 15) is 4.79 Å². The van der Waals surface area contributed by atoms with Crippen LogP contribution in [0.3, 0.4) is 0 Å². The smallest absolute Gasteiger partial charge is 0.219 e. The Hall–Kier alpha value is -2.36. The molecule has 0 aliphatic carbocycles. The quantitative estimate of drug-likeness (QED) is 0.837. The van der Waals surface area contributed by atoms with Gasteiger partial charge in [-0.2, -0.15) is 0 Å². The fraction of sp³-hybridized carbons (Fsp3) is 0.143. The Bertz CT molecular complexity index is 533. The Morgan fingerprint density at radius 3 is 2.50 bits per heavy atom. The number of hydrogen-bond acceptors (Lipinski definition) is 4. The number of nitrogens with zero attached hydrogens (tertiary/aromatic N) is 1. The highest BCUT2D eigenvalue weighted by Crippen LogP contribution is 2.20. The summed E-state index contributed by atoms with van der Waals surface area (Å²) in [5, 5.41) is 0. The van der Waals surface area contributed by atoms with Crippen LogP contribution in [-0.4, -0.2) is 10.8 Å². The van der Waals surface area contributed by atoms with Crippen LogP contribution < -0.4 is 10.5 Å². The second kappa shape index (κ2) is 5.31. The van der Waals surface area contributed by atoms with Gasteiger partial charge < -0.3 is 10.5 Å². The van der Waals surface area contributed by atoms with Gasteiger partial charge in [-0.3, -0.25) is 4.79 Å². The maximum absolute atomic E-state index is 11.5. The van der Waals surface area contributed by atoms with Gasteiger partial charge in [0.1, 0.15) is 5.75 Å². The summed E-state index contributed by atoms with van der Waals surface area (Å²) in [6.07, 6.45) is 2.03. The van der Waals surface area contributed by atoms with Gasteiger partial charge in [-0.25, -0.2) is 4.98 Å². The van der Waals surface area contributed by atoms with Gasteiger partial charge in [-0.05, 0) is 30.3 Å². The maximum atomic E-state index is 11.5. The van der Waals surface area contributed by atoms with Gasteiger partial charge in [0.15, 0.2) is 5.78 Å². The van der Waals surface area contributed by atoms with E-state index in [0.29, 0.717) is 29.3 Å². The van der Waals surface area contributed by atoms with Crippen molar-refractivity contribution in [3.05, 3.63) is 48.2 Å². The van der Waals surface area contributed by atoms with Crippen molar-refractivity contribution in [1.29, 1.82) is 0 Å². The van der Waals surface area contributed by atoms with Crippen LogP contribution in [0.2, 0.25) is 0 Å². The zero-order chi connectivity index (χ0) is 13.0. The molecule has 1 aromatic heterocycles. The van der Waals surface area contributed by atoms with E-state index in [1.54, 1.807) is 36.4 Å². The van der Waals surface area contributed by atoms with Gasteiger partial charge in [-0.15, -0.1) is 0 Å². The number of anilines is 1. The molecule has 0 amide bonds. The monoisotopic (exact) mass is 242 g/mol. The zero-order valence-electron chi connectivity index (χ0n) is 10.1. The molecule has 2 aromatic rings. The van der Waals surface area contributed by atoms with Crippen LogP contribution in [0.15, 0.2) is 42.6 Å². The molecule has 0 bridgehead atoms. The second-order valence-electron chi connectivity index (χ2n) is 3.83. The summed E-state index contributed by atoms with van der Waals surface area (Å²) in [6, 6.07) is 10.4. The second-order valence-corrected chi connectivity index (χ2v) is 3.83. The lowest BCUT2D eigenvalue weighted by Crippen LogP contribution is -1.96. The summed E-state index contributed by atoms with van der Waals surface area (Å²) in [4.78, 5) is 15.5. The van der Waals surface area contributed by atoms with E-state index in [-0.39, 0.29) is 5.78 Å². The molecule has 1 aromatic carbocycles. The minimum atomic E-state index is 0.118. The molecule has 18 heavy (non-hydrogen) atoms. The van der Waals surface area contributed by atoms with Gasteiger partial charge >= 0.3 is 0 Å². The standard InChI is InChI=1S/C14H14N2O2/c1-2-13(17)10-3-6-12(7-4-10)18-14-8-5-11(15)9-16-14/h3-9H,2,15H2,1H3. The number of ether oxygens (including phenoxy) is 1. The molecular formula is C14H14N2O2. The van der Waals surface area contributed by atoms with Crippen molar-refractivity contribution in [3.63, 3.8) is 0 Å². The van der Waals surface area contributed by atoms with E-state index in [2.05, 4.69) is 4.98 Å². The van der Waals surface area contributed by atoms with E-state index < -0.39 is 0 Å². The Kier molecular flexibility index (Phi) is 3.57. The number of pyridine rings is 1. The van der Waals surface area contributed by atoms with Crippen molar-refractivity contribution in [2.75, 3.05) is 5.73 Å². The molecule has 0 unspecified atom stereocenters. The third-order valence-electron chi connectivity index (χ3n) is 2.48. The Morgan fingerprint density at radius 2 is 1.94 bits per heavy atom. The topological polar surface area (TPSA) is 65.2 Å². The van der Waals surface area contributed by atoms with Crippen LogP contribution in [0.1, 0.15) is 23.7 Å². The summed E-state index contributed by atoms with van der Waals surface area (Å²) >= 11 is 0. The molecule has 0 saturated heterocycles. The van der Waals surface area contributed by atoms with Gasteiger partial charge in [0.25, 0.3) is 0 Å². The highest BCUT2D eigenvalue weighted by molar-refractivity contribution is 5.95. The van der Waals surface area contributed by atoms with Gasteiger partial charge in [-0.1, -0.05) is 6.92 Å². The Balaban J connectivity index is 2.10. The largest absolute Gasteiger partial charge is 0.439 e. The summed E-state index contributed by atoms with van der Waals surface area (Å²) in [5.74, 6) is 1.23. The maximum Gasteiger partial charge on any atom is 0.219 e. The number of carbonyl (C=O) groups excluding carboxylic acids is 1. The number of benzene rings is 1. The first kappa shape index (κ1) is 12.1. The predicted octanol–water partition coefficient (Wildman–Crippen LogP) is 3.05. The number of nitrogens with two attached hydrogens (primary N) is 1. The number of Topliss-reactive ketones (excluding diaryl/α,β-unsaturated/α-hetero) is 1. The third-order valence-corrected chi connectivity index (χ3v) is 2.48. The molecule has 1 heterocycles. The summed E-state index contributed by atoms with van der Waals surface area (Å²) < 4.78 is 5.52. The molecule has 92 valence electrons. The first-order valence-corrected chi connectivity index (χ1v) is 5.71. The Labute approximate surface area is 105 Å². The van der Waals surface area contributed by atoms with Gasteiger partial charge in [0, 0.05) is 18.1 Å². The van der Waals surface area contributed by atoms with E-state index in [1.165, 1.54) is 6.20 Å². The molecule has 0 saturated carbocycles. The lowest BCUT2D eigenvalue weighted by atomic mass is 10.1. The minimum absolute atomic E-state index is 0.118. The van der Waals surface area contributed by atoms with E-state index in [0.717, 1.165) is 0 Å². The lowest BCUT2D eigenvalue weighted by molar-refractivity contribution is 0.0988. The Morgan fingerprint density at radius 1 is 1.22 bits per heavy atom. The fourth-order valence-corrected chi connectivity index (χ4v) is 1.49. The SMILES string of the molecule is CCC(=O)c1ccc(Oc2ccc(N)cn2)cc1. The molecule has 0 spiro atoms. The number of carbonyl (C=O) groups is 1. The summed E-state index contributed by atoms with van der Waals surface area (Å²) in [7, 11) is 0. The average Bonchev–Trinajstić information content (AvgIpc) is 2.41. The molecule has 0 aliphatic heterocycles. The summed E-state index contributed by atoms with van der Waals surface area (Å²) in [6.45, 7) is 1.84. The zero-order valence-corrected chi connectivity index (χ0v) is 10.1. The third kappa shape index (κ3) is 2.85. The van der Waals surface area contributed by atoms with Crippen LogP contribution in [0.4, 0.5) is 5.69 Å². The number of rotatable bonds is 4. The fourth-order valence-electron chi connectivity index (χ4n) is 1.49. The van der Waals surface area contributed by atoms with Crippen LogP contribution in [0.5, 0.6) is 11.6 Å². The van der Waals surface area contributed by atoms with Crippen molar-refractivity contribution in [3.8, 4) is 11.6 Å². The van der Waals surface area contributed by atoms with Gasteiger partial charge in [0.2, 0.25) is 5.88 Å². The lowest BCUT2D eigenvalue weighted by Gasteiger charge is -2.05. The van der Waals surface area contributed by atoms with Crippen molar-refractivity contribution in [1.82, 2.24) is 4.98 Å². The number of nitrogen functional groups attached to an aromatic ring is 1. The molecular weight excluding hydrogens is 228 g/mol. The first-order chi connectivity index (χ1) is 8.69. The normalized spacial score (nSPS) is 10.1. The van der Waals surface area contributed by atoms with Crippen molar-refractivity contribution >= 4 is 11.5 Å². The van der Waals surface area contributed by atoms with Crippen LogP contribution in [0.25, 0.3) is 0 Å². The van der Waals surface area contributed by atoms with Gasteiger partial charge in [0.05, 0.1) is 11.9 Å². The number of hydrogen-bond donors (Lipinski definition) is 1. The number of aromatic nitrogens is 1. The molecule has 4 nitrogen and oxygen atoms in total. The van der Waals surface area contributed by atoms with E-state index in [4.69, 9.17) is 10.5 Å². The van der Waals surface area contributed by atoms with Crippen LogP contribution >= 0.6 is 0 Å². The predicted molar refractivity (Wildman–Crippen MR) is 69.8 cm³/mol. The molecule has 2 rings (SSSR count). The molecule has 0 fully saturated rings. The molecule has 0 radical (unpaired) electrons. The average molecular weight is 242 g/mol. The highest BCUT2D eigenvalue weighted by atomic mass is 16.5. The van der Waals surface area contributed by atoms with Crippen LogP contribution in [-0.2, 0) is 0 Å². The molecule has 2 N–H and O–H groups in total. The molecule has 4 heteroatoms. The molecule has 0 atom stereocenters. The molecule has 0 aliphatic rings. The van der Waals surface area contributed by atoms with Crippen molar-refractivity contribution in [2.45, 2.75) is 13.3 Å². The van der Waals surface area contributed by atoms with E-state index >= 15 is 0 Å². The minimum Gasteiger partial charge on any atom is -0.439 e. The van der Waals surface area contributed by atoms with Crippen molar-refractivity contribution < 1.29 is 9.53 Å². The highest BCUT2D eigenvalue weighted by Gasteiger charge is 2.03. The van der Waals surface area contributed by atoms with E-state index in [1.807, 2.05) is 6.92 Å². The first-order valence-electron chi connectivity index (χ1n) is 5.71. The van der Waals surface area contributed by atoms with Crippen molar-refractivity contribution in [2.24, 2.45) is 0 Å². The number of ketones is 1.